The van der Waals surface area contributed by atoms with E-state index < -0.39 is 10.6 Å². The number of nitrogens with zero attached hydrogens (tertiary/aromatic N) is 2. The molecule has 0 aliphatic heterocycles. The van der Waals surface area contributed by atoms with Crippen LogP contribution in [0, 0.1) is 0 Å². The van der Waals surface area contributed by atoms with Crippen molar-refractivity contribution in [3.05, 3.63) is 120 Å². The van der Waals surface area contributed by atoms with E-state index in [1.54, 1.807) is 30.1 Å². The van der Waals surface area contributed by atoms with Gasteiger partial charge in [0.1, 0.15) is 0 Å². The van der Waals surface area contributed by atoms with E-state index in [2.05, 4.69) is 65.8 Å². The molecule has 2 aromatic carbocycles. The average molecular weight is 583 g/mol. The summed E-state index contributed by atoms with van der Waals surface area (Å²) in [5.41, 5.74) is 4.89. The lowest BCUT2D eigenvalue weighted by Gasteiger charge is -2.27. The van der Waals surface area contributed by atoms with Gasteiger partial charge in [0.05, 0.1) is 5.75 Å². The molecule has 214 valence electrons. The molecule has 8 heteroatoms. The second kappa shape index (κ2) is 13.1. The van der Waals surface area contributed by atoms with Crippen molar-refractivity contribution < 1.29 is 29.0 Å². The van der Waals surface area contributed by atoms with Gasteiger partial charge in [0, 0.05) is 39.5 Å². The number of benzene rings is 2. The standard InChI is InChI=1S/C16H21NO3S.C16H20NOS/c1-16(2,3)14-9-7-13(8-10-14)12-21(19,20)15-6-4-5-11-17(15)18;1-16(2,3)14-9-7-13(8-10-14)12-19-15-6-4-5-11-17(15)18/h4-11H,12H2,1-3H3,(H2-,18,19,20);4-11,18H,12H2,1-3H3/q;+1/p+1. The van der Waals surface area contributed by atoms with Gasteiger partial charge in [-0.2, -0.15) is 0 Å². The molecule has 0 aliphatic carbocycles. The Hall–Kier alpha value is -3.04. The molecular weight excluding hydrogens is 540 g/mol. The van der Waals surface area contributed by atoms with E-state index in [0.29, 0.717) is 0 Å². The Bertz CT molecular complexity index is 1380. The molecule has 0 saturated heterocycles. The van der Waals surface area contributed by atoms with Crippen molar-refractivity contribution in [2.75, 3.05) is 0 Å². The van der Waals surface area contributed by atoms with Crippen LogP contribution < -0.4 is 9.46 Å². The molecule has 2 aromatic heterocycles. The molecule has 4 aromatic rings. The maximum atomic E-state index is 10.3. The van der Waals surface area contributed by atoms with Crippen molar-refractivity contribution in [1.29, 1.82) is 0 Å². The molecule has 6 nitrogen and oxygen atoms in total. The summed E-state index contributed by atoms with van der Waals surface area (Å²) >= 11 is 1.63. The largest absolute Gasteiger partial charge is 0.344 e. The SMILES string of the molecule is CC(C)(C)c1ccc(CS(O)(O)c2cccc[n+]2O)cc1.CC(C)(C)c1ccc(CSc2cccc[n+]2O)cc1. The first-order chi connectivity index (χ1) is 18.7. The molecule has 2 heterocycles. The van der Waals surface area contributed by atoms with E-state index in [1.807, 2.05) is 42.5 Å². The number of hydrogen-bond acceptors (Lipinski definition) is 5. The van der Waals surface area contributed by atoms with Gasteiger partial charge in [-0.05, 0) is 57.0 Å². The van der Waals surface area contributed by atoms with Crippen molar-refractivity contribution in [1.82, 2.24) is 0 Å². The number of aromatic nitrogens is 2. The molecule has 0 radical (unpaired) electrons. The first-order valence-corrected chi connectivity index (χ1v) is 15.8. The molecule has 0 fully saturated rings. The van der Waals surface area contributed by atoms with E-state index in [9.17, 15) is 19.5 Å². The molecule has 0 atom stereocenters. The van der Waals surface area contributed by atoms with Crippen LogP contribution in [0.1, 0.15) is 63.8 Å². The van der Waals surface area contributed by atoms with Crippen LogP contribution >= 0.6 is 22.4 Å². The van der Waals surface area contributed by atoms with E-state index in [-0.39, 0.29) is 21.6 Å². The van der Waals surface area contributed by atoms with Gasteiger partial charge in [0.15, 0.2) is 0 Å². The molecule has 0 unspecified atom stereocenters. The predicted octanol–water partition coefficient (Wildman–Crippen LogP) is 7.62. The Morgan fingerprint density at radius 2 is 1.10 bits per heavy atom. The molecule has 40 heavy (non-hydrogen) atoms. The summed E-state index contributed by atoms with van der Waals surface area (Å²) in [6.45, 7) is 13.1. The van der Waals surface area contributed by atoms with Gasteiger partial charge in [0.2, 0.25) is 12.4 Å². The zero-order valence-electron chi connectivity index (χ0n) is 24.2. The summed E-state index contributed by atoms with van der Waals surface area (Å²) in [5, 5.41) is 20.3. The molecule has 4 rings (SSSR count). The van der Waals surface area contributed by atoms with E-state index >= 15 is 0 Å². The predicted molar refractivity (Wildman–Crippen MR) is 162 cm³/mol. The summed E-state index contributed by atoms with van der Waals surface area (Å²) in [4.78, 5) is 0. The molecule has 0 amide bonds. The van der Waals surface area contributed by atoms with Crippen molar-refractivity contribution in [3.63, 3.8) is 0 Å². The van der Waals surface area contributed by atoms with Crippen LogP contribution in [0.5, 0.6) is 0 Å². The quantitative estimate of drug-likeness (QED) is 0.107. The van der Waals surface area contributed by atoms with Crippen molar-refractivity contribution in [2.45, 2.75) is 73.9 Å². The number of rotatable bonds is 6. The summed E-state index contributed by atoms with van der Waals surface area (Å²) in [6.07, 6.45) is 3.03. The maximum Gasteiger partial charge on any atom is 0.344 e. The second-order valence-corrected chi connectivity index (χ2v) is 14.8. The van der Waals surface area contributed by atoms with Gasteiger partial charge in [0.25, 0.3) is 5.03 Å². The molecule has 4 N–H and O–H groups in total. The van der Waals surface area contributed by atoms with Crippen LogP contribution in [0.3, 0.4) is 0 Å². The first kappa shape index (κ1) is 31.5. The highest BCUT2D eigenvalue weighted by atomic mass is 32.3. The Kier molecular flexibility index (Phi) is 10.3. The monoisotopic (exact) mass is 582 g/mol. The smallest absolute Gasteiger partial charge is 0.290 e. The minimum Gasteiger partial charge on any atom is -0.290 e. The van der Waals surface area contributed by atoms with Crippen LogP contribution in [-0.2, 0) is 22.3 Å². The topological polar surface area (TPSA) is 88.7 Å². The first-order valence-electron chi connectivity index (χ1n) is 13.1. The van der Waals surface area contributed by atoms with Crippen molar-refractivity contribution in [2.24, 2.45) is 0 Å². The zero-order valence-corrected chi connectivity index (χ0v) is 25.8. The minimum atomic E-state index is -3.08. The minimum absolute atomic E-state index is 0.0639. The molecule has 0 spiro atoms. The van der Waals surface area contributed by atoms with E-state index in [0.717, 1.165) is 25.8 Å². The van der Waals surface area contributed by atoms with E-state index in [4.69, 9.17) is 0 Å². The van der Waals surface area contributed by atoms with Crippen LogP contribution in [0.4, 0.5) is 0 Å². The van der Waals surface area contributed by atoms with Crippen LogP contribution in [0.15, 0.2) is 107 Å². The lowest BCUT2D eigenvalue weighted by molar-refractivity contribution is -0.933. The van der Waals surface area contributed by atoms with Gasteiger partial charge >= 0.3 is 5.03 Å². The van der Waals surface area contributed by atoms with E-state index in [1.165, 1.54) is 29.0 Å². The highest BCUT2D eigenvalue weighted by Gasteiger charge is 2.27. The highest BCUT2D eigenvalue weighted by molar-refractivity contribution is 8.23. The average Bonchev–Trinajstić information content (AvgIpc) is 2.88. The summed E-state index contributed by atoms with van der Waals surface area (Å²) < 4.78 is 22.5. The number of thioether (sulfide) groups is 1. The second-order valence-electron chi connectivity index (χ2n) is 11.8. The third kappa shape index (κ3) is 8.99. The van der Waals surface area contributed by atoms with Gasteiger partial charge in [-0.3, -0.25) is 19.5 Å². The molecule has 0 aliphatic rings. The zero-order chi connectivity index (χ0) is 29.6. The van der Waals surface area contributed by atoms with Gasteiger partial charge < -0.3 is 0 Å². The number of pyridine rings is 2. The van der Waals surface area contributed by atoms with Crippen LogP contribution in [-0.4, -0.2) is 19.5 Å². The molecular formula is C32H42N2O4S2+2. The van der Waals surface area contributed by atoms with Crippen molar-refractivity contribution >= 4 is 22.4 Å². The Morgan fingerprint density at radius 3 is 1.57 bits per heavy atom. The Labute approximate surface area is 244 Å². The number of hydrogen-bond donors (Lipinski definition) is 4. The summed E-state index contributed by atoms with van der Waals surface area (Å²) in [5.74, 6) is 0.941. The Balaban J connectivity index is 0.000000222. The van der Waals surface area contributed by atoms with Gasteiger partial charge in [-0.25, -0.2) is 0 Å². The fourth-order valence-electron chi connectivity index (χ4n) is 3.88. The van der Waals surface area contributed by atoms with Crippen LogP contribution in [0.2, 0.25) is 0 Å². The summed E-state index contributed by atoms with van der Waals surface area (Å²) in [6, 6.07) is 27.0. The fourth-order valence-corrected chi connectivity index (χ4v) is 6.21. The van der Waals surface area contributed by atoms with Crippen molar-refractivity contribution in [3.8, 4) is 0 Å². The lowest BCUT2D eigenvalue weighted by Crippen LogP contribution is -2.35. The van der Waals surface area contributed by atoms with Gasteiger partial charge in [-0.1, -0.05) is 90.1 Å². The summed E-state index contributed by atoms with van der Waals surface area (Å²) in [7, 11) is -3.08. The third-order valence-electron chi connectivity index (χ3n) is 6.34. The lowest BCUT2D eigenvalue weighted by atomic mass is 9.87. The maximum absolute atomic E-state index is 10.3. The Morgan fingerprint density at radius 1 is 0.625 bits per heavy atom. The molecule has 0 bridgehead atoms. The fraction of sp³-hybridized carbons (Fsp3) is 0.312. The highest BCUT2D eigenvalue weighted by Crippen LogP contribution is 2.48. The third-order valence-corrected chi connectivity index (χ3v) is 9.16. The normalized spacial score (nSPS) is 12.4. The molecule has 0 saturated carbocycles. The van der Waals surface area contributed by atoms with Crippen LogP contribution in [0.25, 0.3) is 0 Å². The van der Waals surface area contributed by atoms with Gasteiger partial charge in [-0.15, -0.1) is 10.6 Å².